The maximum atomic E-state index is 5.37. The summed E-state index contributed by atoms with van der Waals surface area (Å²) in [5.41, 5.74) is 1.28. The molecule has 5 aromatic rings. The van der Waals surface area contributed by atoms with E-state index in [1.54, 1.807) is 7.11 Å². The average Bonchev–Trinajstić information content (AvgIpc) is 2.83. The predicted octanol–water partition coefficient (Wildman–Crippen LogP) is 8.58. The molecule has 5 aromatic carbocycles. The lowest BCUT2D eigenvalue weighted by molar-refractivity contribution is 0.414. The maximum absolute atomic E-state index is 5.37. The van der Waals surface area contributed by atoms with Crippen molar-refractivity contribution in [2.45, 2.75) is 14.4 Å². The molecule has 0 aliphatic carbocycles. The Labute approximate surface area is 191 Å². The number of hydrogen-bond donors (Lipinski definition) is 0. The maximum Gasteiger partial charge on any atom is 0.118 e. The molecular formula is C28H22OS2. The fraction of sp³-hybridized carbons (Fsp3) is 0.0714. The zero-order chi connectivity index (χ0) is 21.0. The highest BCUT2D eigenvalue weighted by Crippen LogP contribution is 2.48. The first-order valence-corrected chi connectivity index (χ1v) is 12.0. The van der Waals surface area contributed by atoms with Crippen LogP contribution in [-0.2, 0) is 0 Å². The number of methoxy groups -OCH3 is 1. The first-order chi connectivity index (χ1) is 15.3. The minimum absolute atomic E-state index is 0.230. The van der Waals surface area contributed by atoms with E-state index in [1.807, 2.05) is 35.7 Å². The van der Waals surface area contributed by atoms with Crippen LogP contribution in [0.1, 0.15) is 10.1 Å². The molecule has 0 aliphatic rings. The van der Waals surface area contributed by atoms with Crippen LogP contribution >= 0.6 is 23.5 Å². The zero-order valence-corrected chi connectivity index (χ0v) is 18.8. The summed E-state index contributed by atoms with van der Waals surface area (Å²) >= 11 is 3.78. The Morgan fingerprint density at radius 3 is 1.52 bits per heavy atom. The van der Waals surface area contributed by atoms with Gasteiger partial charge in [-0.05, 0) is 63.5 Å². The van der Waals surface area contributed by atoms with Gasteiger partial charge in [-0.3, -0.25) is 0 Å². The van der Waals surface area contributed by atoms with Gasteiger partial charge in [0.05, 0.1) is 11.7 Å². The van der Waals surface area contributed by atoms with Crippen LogP contribution in [0.15, 0.2) is 119 Å². The Balaban J connectivity index is 1.49. The van der Waals surface area contributed by atoms with Crippen molar-refractivity contribution in [3.63, 3.8) is 0 Å². The van der Waals surface area contributed by atoms with Crippen LogP contribution in [0.5, 0.6) is 5.75 Å². The second-order valence-electron chi connectivity index (χ2n) is 7.36. The van der Waals surface area contributed by atoms with E-state index in [-0.39, 0.29) is 4.58 Å². The van der Waals surface area contributed by atoms with Crippen LogP contribution in [0.4, 0.5) is 0 Å². The van der Waals surface area contributed by atoms with E-state index < -0.39 is 0 Å². The van der Waals surface area contributed by atoms with Gasteiger partial charge >= 0.3 is 0 Å². The molecule has 0 amide bonds. The molecule has 0 heterocycles. The summed E-state index contributed by atoms with van der Waals surface area (Å²) in [5, 5.41) is 5.10. The third-order valence-corrected chi connectivity index (χ3v) is 7.92. The summed E-state index contributed by atoms with van der Waals surface area (Å²) < 4.78 is 5.60. The largest absolute Gasteiger partial charge is 0.497 e. The first-order valence-electron chi connectivity index (χ1n) is 10.2. The van der Waals surface area contributed by atoms with Crippen LogP contribution in [-0.4, -0.2) is 7.11 Å². The quantitative estimate of drug-likeness (QED) is 0.194. The zero-order valence-electron chi connectivity index (χ0n) is 17.2. The summed E-state index contributed by atoms with van der Waals surface area (Å²) in [6.45, 7) is 0. The number of hydrogen-bond acceptors (Lipinski definition) is 3. The summed E-state index contributed by atoms with van der Waals surface area (Å²) in [4.78, 5) is 2.54. The number of rotatable bonds is 6. The Morgan fingerprint density at radius 1 is 0.548 bits per heavy atom. The second-order valence-corrected chi connectivity index (χ2v) is 10.0. The van der Waals surface area contributed by atoms with E-state index in [1.165, 1.54) is 36.9 Å². The molecule has 0 bridgehead atoms. The number of thioether (sulfide) groups is 2. The minimum Gasteiger partial charge on any atom is -0.497 e. The molecule has 0 saturated carbocycles. The van der Waals surface area contributed by atoms with Crippen LogP contribution in [0.25, 0.3) is 21.5 Å². The van der Waals surface area contributed by atoms with Crippen molar-refractivity contribution >= 4 is 45.1 Å². The molecule has 0 saturated heterocycles. The number of fused-ring (bicyclic) bond motifs is 2. The molecule has 0 aliphatic heterocycles. The van der Waals surface area contributed by atoms with E-state index >= 15 is 0 Å². The molecule has 1 nitrogen and oxygen atoms in total. The van der Waals surface area contributed by atoms with Gasteiger partial charge in [-0.1, -0.05) is 72.8 Å². The lowest BCUT2D eigenvalue weighted by Crippen LogP contribution is -1.91. The van der Waals surface area contributed by atoms with Gasteiger partial charge in [-0.2, -0.15) is 0 Å². The first kappa shape index (κ1) is 20.0. The van der Waals surface area contributed by atoms with Crippen molar-refractivity contribution in [1.29, 1.82) is 0 Å². The highest BCUT2D eigenvalue weighted by atomic mass is 32.2. The molecular weight excluding hydrogens is 416 g/mol. The van der Waals surface area contributed by atoms with Gasteiger partial charge < -0.3 is 4.74 Å². The Kier molecular flexibility index (Phi) is 5.88. The van der Waals surface area contributed by atoms with Gasteiger partial charge in [0.15, 0.2) is 0 Å². The van der Waals surface area contributed by atoms with Gasteiger partial charge in [-0.25, -0.2) is 0 Å². The molecule has 0 fully saturated rings. The van der Waals surface area contributed by atoms with E-state index in [0.29, 0.717) is 0 Å². The minimum atomic E-state index is 0.230. The summed E-state index contributed by atoms with van der Waals surface area (Å²) in [6.07, 6.45) is 0. The van der Waals surface area contributed by atoms with E-state index in [4.69, 9.17) is 4.74 Å². The lowest BCUT2D eigenvalue weighted by Gasteiger charge is -2.18. The molecule has 0 spiro atoms. The van der Waals surface area contributed by atoms with Gasteiger partial charge in [-0.15, -0.1) is 23.5 Å². The van der Waals surface area contributed by atoms with Crippen molar-refractivity contribution in [2.24, 2.45) is 0 Å². The predicted molar refractivity (Wildman–Crippen MR) is 135 cm³/mol. The monoisotopic (exact) mass is 438 g/mol. The van der Waals surface area contributed by atoms with Gasteiger partial charge in [0.25, 0.3) is 0 Å². The van der Waals surface area contributed by atoms with E-state index in [0.717, 1.165) is 5.75 Å². The number of ether oxygens (including phenoxy) is 1. The van der Waals surface area contributed by atoms with E-state index in [2.05, 4.69) is 97.1 Å². The Hall–Kier alpha value is -2.88. The van der Waals surface area contributed by atoms with Gasteiger partial charge in [0.1, 0.15) is 5.75 Å². The van der Waals surface area contributed by atoms with Gasteiger partial charge in [0.2, 0.25) is 0 Å². The van der Waals surface area contributed by atoms with Crippen molar-refractivity contribution in [1.82, 2.24) is 0 Å². The molecule has 0 aromatic heterocycles. The average molecular weight is 439 g/mol. The fourth-order valence-electron chi connectivity index (χ4n) is 3.65. The molecule has 3 heteroatoms. The smallest absolute Gasteiger partial charge is 0.118 e. The van der Waals surface area contributed by atoms with E-state index in [9.17, 15) is 0 Å². The van der Waals surface area contributed by atoms with Crippen molar-refractivity contribution in [3.05, 3.63) is 115 Å². The number of benzene rings is 5. The van der Waals surface area contributed by atoms with Crippen molar-refractivity contribution < 1.29 is 4.74 Å². The summed E-state index contributed by atoms with van der Waals surface area (Å²) in [5.74, 6) is 0.883. The Bertz CT molecular complexity index is 1250. The molecule has 5 rings (SSSR count). The third kappa shape index (κ3) is 4.58. The topological polar surface area (TPSA) is 9.23 Å². The van der Waals surface area contributed by atoms with Crippen LogP contribution in [0.2, 0.25) is 0 Å². The third-order valence-electron chi connectivity index (χ3n) is 5.32. The van der Waals surface area contributed by atoms with Crippen molar-refractivity contribution in [2.75, 3.05) is 7.11 Å². The second kappa shape index (κ2) is 9.09. The highest BCUT2D eigenvalue weighted by Gasteiger charge is 2.16. The lowest BCUT2D eigenvalue weighted by atomic mass is 10.1. The van der Waals surface area contributed by atoms with Crippen LogP contribution < -0.4 is 4.74 Å². The molecule has 0 unspecified atom stereocenters. The standard InChI is InChI=1S/C28H22OS2/c1-29-25-14-10-22(11-15-25)28(30-26-16-12-20-6-2-4-8-23(20)18-26)31-27-17-13-21-7-3-5-9-24(21)19-27/h2-19,28H,1H3. The molecule has 152 valence electrons. The molecule has 0 radical (unpaired) electrons. The van der Waals surface area contributed by atoms with Crippen LogP contribution in [0.3, 0.4) is 0 Å². The SMILES string of the molecule is COc1ccc(C(Sc2ccc3ccccc3c2)Sc2ccc3ccccc3c2)cc1. The Morgan fingerprint density at radius 2 is 1.03 bits per heavy atom. The molecule has 31 heavy (non-hydrogen) atoms. The molecule has 0 N–H and O–H groups in total. The summed E-state index contributed by atoms with van der Waals surface area (Å²) in [6, 6.07) is 38.9. The van der Waals surface area contributed by atoms with Gasteiger partial charge in [0, 0.05) is 9.79 Å². The fourth-order valence-corrected chi connectivity index (χ4v) is 6.27. The summed E-state index contributed by atoms with van der Waals surface area (Å²) in [7, 11) is 1.71. The van der Waals surface area contributed by atoms with Crippen molar-refractivity contribution in [3.8, 4) is 5.75 Å². The van der Waals surface area contributed by atoms with Crippen LogP contribution in [0, 0.1) is 0 Å². The highest BCUT2D eigenvalue weighted by molar-refractivity contribution is 8.16. The molecule has 0 atom stereocenters. The normalized spacial score (nSPS) is 11.3.